The van der Waals surface area contributed by atoms with E-state index in [1.807, 2.05) is 36.6 Å². The number of rotatable bonds is 2. The molecule has 0 atom stereocenters. The molecule has 1 N–H and O–H groups in total. The molecule has 0 fully saturated rings. The first-order valence-corrected chi connectivity index (χ1v) is 5.42. The van der Waals surface area contributed by atoms with Crippen LogP contribution in [0.5, 0.6) is 0 Å². The van der Waals surface area contributed by atoms with Crippen LogP contribution in [-0.2, 0) is 0 Å². The van der Waals surface area contributed by atoms with E-state index in [1.165, 1.54) is 16.8 Å². The Labute approximate surface area is 111 Å². The van der Waals surface area contributed by atoms with Gasteiger partial charge < -0.3 is 0 Å². The van der Waals surface area contributed by atoms with Gasteiger partial charge in [-0.2, -0.15) is 5.10 Å². The number of hydrazone groups is 1. The lowest BCUT2D eigenvalue weighted by Gasteiger charge is -2.10. The van der Waals surface area contributed by atoms with Crippen LogP contribution in [-0.4, -0.2) is 29.7 Å². The molecule has 5 heteroatoms. The van der Waals surface area contributed by atoms with Gasteiger partial charge in [-0.3, -0.25) is 5.41 Å². The summed E-state index contributed by atoms with van der Waals surface area (Å²) in [6, 6.07) is 9.83. The van der Waals surface area contributed by atoms with E-state index in [1.54, 1.807) is 13.3 Å². The summed E-state index contributed by atoms with van der Waals surface area (Å²) >= 11 is 1.36. The third-order valence-electron chi connectivity index (χ3n) is 1.67. The zero-order valence-electron chi connectivity index (χ0n) is 8.68. The lowest BCUT2D eigenvalue weighted by Crippen LogP contribution is -2.16. The van der Waals surface area contributed by atoms with Crippen molar-refractivity contribution in [2.75, 3.05) is 13.3 Å². The predicted molar refractivity (Wildman–Crippen MR) is 78.5 cm³/mol. The van der Waals surface area contributed by atoms with Crippen molar-refractivity contribution in [2.24, 2.45) is 5.10 Å². The van der Waals surface area contributed by atoms with Gasteiger partial charge in [0.15, 0.2) is 5.17 Å². The number of nitrogens with one attached hydrogen (secondary N) is 1. The summed E-state index contributed by atoms with van der Waals surface area (Å²) in [4.78, 5) is 0. The van der Waals surface area contributed by atoms with Crippen LogP contribution in [0.4, 0.5) is 0 Å². The second-order valence-corrected chi connectivity index (χ2v) is 3.48. The maximum atomic E-state index is 7.48. The van der Waals surface area contributed by atoms with Crippen LogP contribution in [0.3, 0.4) is 0 Å². The first-order valence-electron chi connectivity index (χ1n) is 4.19. The molecule has 0 aliphatic rings. The molecule has 1 rings (SSSR count). The molecule has 15 heavy (non-hydrogen) atoms. The Morgan fingerprint density at radius 3 is 2.53 bits per heavy atom. The topological polar surface area (TPSA) is 39.5 Å². The molecule has 0 radical (unpaired) electrons. The monoisotopic (exact) mass is 335 g/mol. The minimum Gasteiger partial charge on any atom is -0.277 e. The number of benzene rings is 1. The van der Waals surface area contributed by atoms with Gasteiger partial charge in [-0.05, 0) is 11.8 Å². The SMILES string of the molecule is CSC(=N)N(C)N=Cc1ccccc1.I. The summed E-state index contributed by atoms with van der Waals surface area (Å²) in [5, 5.41) is 13.6. The molecule has 0 aliphatic carbocycles. The van der Waals surface area contributed by atoms with E-state index in [0.29, 0.717) is 5.17 Å². The molecule has 0 amide bonds. The van der Waals surface area contributed by atoms with E-state index in [0.717, 1.165) is 5.56 Å². The van der Waals surface area contributed by atoms with Crippen molar-refractivity contribution >= 4 is 47.1 Å². The largest absolute Gasteiger partial charge is 0.277 e. The molecule has 0 unspecified atom stereocenters. The van der Waals surface area contributed by atoms with E-state index in [2.05, 4.69) is 5.10 Å². The fraction of sp³-hybridized carbons (Fsp3) is 0.200. The van der Waals surface area contributed by atoms with Crippen molar-refractivity contribution < 1.29 is 0 Å². The van der Waals surface area contributed by atoms with Gasteiger partial charge in [0.2, 0.25) is 0 Å². The van der Waals surface area contributed by atoms with Crippen LogP contribution in [0.25, 0.3) is 0 Å². The summed E-state index contributed by atoms with van der Waals surface area (Å²) in [6.07, 6.45) is 3.60. The number of halogens is 1. The van der Waals surface area contributed by atoms with E-state index < -0.39 is 0 Å². The minimum absolute atomic E-state index is 0. The average molecular weight is 335 g/mol. The van der Waals surface area contributed by atoms with Crippen LogP contribution < -0.4 is 0 Å². The maximum absolute atomic E-state index is 7.48. The maximum Gasteiger partial charge on any atom is 0.176 e. The fourth-order valence-corrected chi connectivity index (χ4v) is 1.19. The summed E-state index contributed by atoms with van der Waals surface area (Å²) < 4.78 is 0. The molecule has 82 valence electrons. The second-order valence-electron chi connectivity index (χ2n) is 2.69. The van der Waals surface area contributed by atoms with Gasteiger partial charge in [0.25, 0.3) is 0 Å². The highest BCUT2D eigenvalue weighted by molar-refractivity contribution is 14.0. The van der Waals surface area contributed by atoms with Crippen molar-refractivity contribution in [3.63, 3.8) is 0 Å². The molecular weight excluding hydrogens is 321 g/mol. The van der Waals surface area contributed by atoms with E-state index in [9.17, 15) is 0 Å². The standard InChI is InChI=1S/C10H13N3S.HI/c1-13(10(11)14-2)12-8-9-6-4-3-5-7-9;/h3-8,11H,1-2H3;1H. The van der Waals surface area contributed by atoms with Crippen molar-refractivity contribution in [1.82, 2.24) is 5.01 Å². The number of hydrogen-bond acceptors (Lipinski definition) is 3. The molecule has 0 heterocycles. The van der Waals surface area contributed by atoms with E-state index >= 15 is 0 Å². The zero-order chi connectivity index (χ0) is 10.4. The molecule has 0 saturated heterocycles. The predicted octanol–water partition coefficient (Wildman–Crippen LogP) is 2.87. The average Bonchev–Trinajstić information content (AvgIpc) is 2.26. The Morgan fingerprint density at radius 1 is 1.40 bits per heavy atom. The summed E-state index contributed by atoms with van der Waals surface area (Å²) in [5.41, 5.74) is 1.04. The molecule has 0 bridgehead atoms. The van der Waals surface area contributed by atoms with Crippen molar-refractivity contribution in [3.05, 3.63) is 35.9 Å². The van der Waals surface area contributed by atoms with E-state index in [-0.39, 0.29) is 24.0 Å². The van der Waals surface area contributed by atoms with Gasteiger partial charge in [0.1, 0.15) is 0 Å². The van der Waals surface area contributed by atoms with Crippen molar-refractivity contribution in [3.8, 4) is 0 Å². The van der Waals surface area contributed by atoms with Gasteiger partial charge in [0.05, 0.1) is 6.21 Å². The molecule has 3 nitrogen and oxygen atoms in total. The quantitative estimate of drug-likeness (QED) is 0.391. The molecule has 0 aliphatic heterocycles. The summed E-state index contributed by atoms with van der Waals surface area (Å²) in [7, 11) is 1.76. The highest BCUT2D eigenvalue weighted by Gasteiger charge is 1.97. The van der Waals surface area contributed by atoms with Gasteiger partial charge in [-0.25, -0.2) is 5.01 Å². The van der Waals surface area contributed by atoms with Crippen LogP contribution in [0.1, 0.15) is 5.56 Å². The van der Waals surface area contributed by atoms with Crippen LogP contribution in [0, 0.1) is 5.41 Å². The van der Waals surface area contributed by atoms with Crippen molar-refractivity contribution in [1.29, 1.82) is 5.41 Å². The fourth-order valence-electron chi connectivity index (χ4n) is 0.877. The second kappa shape index (κ2) is 7.70. The number of thioether (sulfide) groups is 1. The van der Waals surface area contributed by atoms with Gasteiger partial charge in [0, 0.05) is 7.05 Å². The minimum atomic E-state index is 0. The van der Waals surface area contributed by atoms with Gasteiger partial charge in [-0.15, -0.1) is 24.0 Å². The van der Waals surface area contributed by atoms with Gasteiger partial charge in [-0.1, -0.05) is 42.1 Å². The van der Waals surface area contributed by atoms with Crippen LogP contribution in [0.15, 0.2) is 35.4 Å². The zero-order valence-corrected chi connectivity index (χ0v) is 11.8. The third-order valence-corrected chi connectivity index (χ3v) is 2.32. The Bertz CT molecular complexity index is 327. The molecular formula is C10H14IN3S. The van der Waals surface area contributed by atoms with Crippen LogP contribution >= 0.6 is 35.7 Å². The Kier molecular flexibility index (Phi) is 7.41. The highest BCUT2D eigenvalue weighted by atomic mass is 127. The molecule has 0 aromatic heterocycles. The van der Waals surface area contributed by atoms with E-state index in [4.69, 9.17) is 5.41 Å². The third kappa shape index (κ3) is 5.17. The first kappa shape index (κ1) is 14.4. The summed E-state index contributed by atoms with van der Waals surface area (Å²) in [6.45, 7) is 0. The Balaban J connectivity index is 0.00000196. The lowest BCUT2D eigenvalue weighted by molar-refractivity contribution is 0.556. The normalized spacial score (nSPS) is 9.73. The van der Waals surface area contributed by atoms with Crippen LogP contribution in [0.2, 0.25) is 0 Å². The highest BCUT2D eigenvalue weighted by Crippen LogP contribution is 2.01. The Morgan fingerprint density at radius 2 is 2.00 bits per heavy atom. The number of hydrogen-bond donors (Lipinski definition) is 1. The molecule has 0 saturated carbocycles. The molecule has 1 aromatic rings. The lowest BCUT2D eigenvalue weighted by atomic mass is 10.2. The smallest absolute Gasteiger partial charge is 0.176 e. The first-order chi connectivity index (χ1) is 6.74. The van der Waals surface area contributed by atoms with Gasteiger partial charge >= 0.3 is 0 Å². The molecule has 0 spiro atoms. The number of amidine groups is 1. The van der Waals surface area contributed by atoms with Crippen molar-refractivity contribution in [2.45, 2.75) is 0 Å². The summed E-state index contributed by atoms with van der Waals surface area (Å²) in [5.74, 6) is 0. The number of nitrogens with zero attached hydrogens (tertiary/aromatic N) is 2. The molecule has 1 aromatic carbocycles. The Hall–Kier alpha value is -0.560.